The van der Waals surface area contributed by atoms with Crippen LogP contribution in [0.5, 0.6) is 0 Å². The standard InChI is InChI=1S/C18H21N7O2/c1-12-14(13(2)27-25-12)9-18(26)21-8-7-20-16-10-17(23-11-22-16)24-15-5-3-4-6-19-15/h3-6,10-11H,7-9H2,1-2H3,(H,21,26)(H2,19,20,22,23,24). The Morgan fingerprint density at radius 3 is 2.67 bits per heavy atom. The third kappa shape index (κ3) is 5.24. The minimum atomic E-state index is -0.0774. The van der Waals surface area contributed by atoms with Crippen LogP contribution < -0.4 is 16.0 Å². The van der Waals surface area contributed by atoms with Gasteiger partial charge in [0.1, 0.15) is 29.5 Å². The van der Waals surface area contributed by atoms with Crippen molar-refractivity contribution < 1.29 is 9.32 Å². The Hall–Kier alpha value is -3.49. The van der Waals surface area contributed by atoms with Crippen LogP contribution in [-0.4, -0.2) is 39.1 Å². The van der Waals surface area contributed by atoms with Crippen LogP contribution in [0.1, 0.15) is 17.0 Å². The highest BCUT2D eigenvalue weighted by atomic mass is 16.5. The SMILES string of the molecule is Cc1noc(C)c1CC(=O)NCCNc1cc(Nc2ccccn2)ncn1. The second-order valence-corrected chi connectivity index (χ2v) is 5.88. The van der Waals surface area contributed by atoms with Crippen molar-refractivity contribution in [2.45, 2.75) is 20.3 Å². The first-order valence-electron chi connectivity index (χ1n) is 8.54. The number of aryl methyl sites for hydroxylation is 2. The zero-order chi connectivity index (χ0) is 19.1. The molecule has 0 saturated heterocycles. The van der Waals surface area contributed by atoms with E-state index in [9.17, 15) is 4.79 Å². The van der Waals surface area contributed by atoms with E-state index < -0.39 is 0 Å². The van der Waals surface area contributed by atoms with E-state index in [1.54, 1.807) is 19.2 Å². The van der Waals surface area contributed by atoms with Gasteiger partial charge in [-0.1, -0.05) is 11.2 Å². The number of hydrogen-bond acceptors (Lipinski definition) is 8. The second-order valence-electron chi connectivity index (χ2n) is 5.88. The second kappa shape index (κ2) is 8.75. The van der Waals surface area contributed by atoms with E-state index in [4.69, 9.17) is 4.52 Å². The Morgan fingerprint density at radius 1 is 1.07 bits per heavy atom. The molecule has 3 heterocycles. The molecule has 3 aromatic rings. The summed E-state index contributed by atoms with van der Waals surface area (Å²) in [4.78, 5) is 24.6. The number of nitrogens with one attached hydrogen (secondary N) is 3. The molecule has 0 aliphatic rings. The normalized spacial score (nSPS) is 10.4. The maximum absolute atomic E-state index is 12.0. The lowest BCUT2D eigenvalue weighted by atomic mass is 10.1. The van der Waals surface area contributed by atoms with Gasteiger partial charge in [-0.2, -0.15) is 0 Å². The number of hydrogen-bond donors (Lipinski definition) is 3. The molecular formula is C18H21N7O2. The predicted molar refractivity (Wildman–Crippen MR) is 101 cm³/mol. The van der Waals surface area contributed by atoms with Gasteiger partial charge in [-0.05, 0) is 26.0 Å². The van der Waals surface area contributed by atoms with Crippen molar-refractivity contribution in [2.75, 3.05) is 23.7 Å². The molecule has 3 aromatic heterocycles. The van der Waals surface area contributed by atoms with Gasteiger partial charge in [0.2, 0.25) is 5.91 Å². The molecule has 3 rings (SSSR count). The Labute approximate surface area is 156 Å². The molecule has 0 aliphatic heterocycles. The monoisotopic (exact) mass is 367 g/mol. The maximum atomic E-state index is 12.0. The first-order chi connectivity index (χ1) is 13.1. The van der Waals surface area contributed by atoms with Gasteiger partial charge < -0.3 is 20.5 Å². The van der Waals surface area contributed by atoms with Gasteiger partial charge in [-0.25, -0.2) is 15.0 Å². The van der Waals surface area contributed by atoms with Gasteiger partial charge in [0, 0.05) is 30.9 Å². The fourth-order valence-electron chi connectivity index (χ4n) is 2.46. The predicted octanol–water partition coefficient (Wildman–Crippen LogP) is 1.99. The number of pyridine rings is 1. The largest absolute Gasteiger partial charge is 0.368 e. The van der Waals surface area contributed by atoms with Gasteiger partial charge in [-0.3, -0.25) is 4.79 Å². The van der Waals surface area contributed by atoms with Crippen LogP contribution in [-0.2, 0) is 11.2 Å². The third-order valence-electron chi connectivity index (χ3n) is 3.86. The van der Waals surface area contributed by atoms with Gasteiger partial charge in [0.25, 0.3) is 0 Å². The molecule has 0 bridgehead atoms. The molecule has 140 valence electrons. The van der Waals surface area contributed by atoms with Gasteiger partial charge in [-0.15, -0.1) is 0 Å². The number of aromatic nitrogens is 4. The van der Waals surface area contributed by atoms with Crippen LogP contribution in [0.4, 0.5) is 17.5 Å². The van der Waals surface area contributed by atoms with Crippen LogP contribution in [0.25, 0.3) is 0 Å². The summed E-state index contributed by atoms with van der Waals surface area (Å²) in [6.07, 6.45) is 3.42. The molecule has 27 heavy (non-hydrogen) atoms. The highest BCUT2D eigenvalue weighted by Crippen LogP contribution is 2.14. The molecule has 9 heteroatoms. The van der Waals surface area contributed by atoms with E-state index >= 15 is 0 Å². The Kier molecular flexibility index (Phi) is 5.93. The van der Waals surface area contributed by atoms with Crippen molar-refractivity contribution in [3.8, 4) is 0 Å². The highest BCUT2D eigenvalue weighted by molar-refractivity contribution is 5.79. The summed E-state index contributed by atoms with van der Waals surface area (Å²) < 4.78 is 5.07. The molecule has 0 saturated carbocycles. The molecule has 0 radical (unpaired) electrons. The van der Waals surface area contributed by atoms with Gasteiger partial charge in [0.15, 0.2) is 0 Å². The fourth-order valence-corrected chi connectivity index (χ4v) is 2.46. The number of nitrogens with zero attached hydrogens (tertiary/aromatic N) is 4. The lowest BCUT2D eigenvalue weighted by Crippen LogP contribution is -2.30. The molecule has 0 unspecified atom stereocenters. The molecule has 0 atom stereocenters. The van der Waals surface area contributed by atoms with Gasteiger partial charge in [0.05, 0.1) is 12.1 Å². The van der Waals surface area contributed by atoms with Crippen LogP contribution in [0.15, 0.2) is 41.3 Å². The molecule has 0 spiro atoms. The number of anilines is 3. The molecule has 0 aromatic carbocycles. The Bertz CT molecular complexity index is 876. The van der Waals surface area contributed by atoms with E-state index in [2.05, 4.69) is 36.1 Å². The van der Waals surface area contributed by atoms with Gasteiger partial charge >= 0.3 is 0 Å². The summed E-state index contributed by atoms with van der Waals surface area (Å²) >= 11 is 0. The number of amides is 1. The topological polar surface area (TPSA) is 118 Å². The van der Waals surface area contributed by atoms with E-state index in [1.165, 1.54) is 6.33 Å². The van der Waals surface area contributed by atoms with Crippen LogP contribution in [0.2, 0.25) is 0 Å². The summed E-state index contributed by atoms with van der Waals surface area (Å²) in [5.74, 6) is 2.59. The molecule has 0 fully saturated rings. The van der Waals surface area contributed by atoms with Crippen LogP contribution in [0.3, 0.4) is 0 Å². The zero-order valence-corrected chi connectivity index (χ0v) is 15.2. The summed E-state index contributed by atoms with van der Waals surface area (Å²) in [6.45, 7) is 4.63. The van der Waals surface area contributed by atoms with Crippen molar-refractivity contribution in [1.82, 2.24) is 25.4 Å². The van der Waals surface area contributed by atoms with Crippen molar-refractivity contribution in [2.24, 2.45) is 0 Å². The van der Waals surface area contributed by atoms with E-state index in [0.29, 0.717) is 36.3 Å². The van der Waals surface area contributed by atoms with Crippen molar-refractivity contribution >= 4 is 23.4 Å². The lowest BCUT2D eigenvalue weighted by molar-refractivity contribution is -0.120. The minimum Gasteiger partial charge on any atom is -0.368 e. The molecule has 1 amide bonds. The molecular weight excluding hydrogens is 346 g/mol. The molecule has 0 aliphatic carbocycles. The average Bonchev–Trinajstić information content (AvgIpc) is 2.98. The highest BCUT2D eigenvalue weighted by Gasteiger charge is 2.12. The van der Waals surface area contributed by atoms with Crippen molar-refractivity contribution in [3.63, 3.8) is 0 Å². The zero-order valence-electron chi connectivity index (χ0n) is 15.2. The maximum Gasteiger partial charge on any atom is 0.224 e. The Balaban J connectivity index is 1.44. The average molecular weight is 367 g/mol. The third-order valence-corrected chi connectivity index (χ3v) is 3.86. The number of carbonyl (C=O) groups is 1. The smallest absolute Gasteiger partial charge is 0.224 e. The van der Waals surface area contributed by atoms with E-state index in [1.807, 2.05) is 25.1 Å². The van der Waals surface area contributed by atoms with Crippen molar-refractivity contribution in [3.05, 3.63) is 53.8 Å². The summed E-state index contributed by atoms with van der Waals surface area (Å²) in [7, 11) is 0. The quantitative estimate of drug-likeness (QED) is 0.517. The summed E-state index contributed by atoms with van der Waals surface area (Å²) in [5.41, 5.74) is 1.58. The number of carbonyl (C=O) groups excluding carboxylic acids is 1. The number of rotatable bonds is 8. The molecule has 3 N–H and O–H groups in total. The first kappa shape index (κ1) is 18.3. The Morgan fingerprint density at radius 2 is 1.93 bits per heavy atom. The van der Waals surface area contributed by atoms with Crippen LogP contribution in [0, 0.1) is 13.8 Å². The van der Waals surface area contributed by atoms with Crippen LogP contribution >= 0.6 is 0 Å². The summed E-state index contributed by atoms with van der Waals surface area (Å²) in [6, 6.07) is 7.36. The lowest BCUT2D eigenvalue weighted by Gasteiger charge is -2.09. The first-order valence-corrected chi connectivity index (χ1v) is 8.54. The van der Waals surface area contributed by atoms with Crippen molar-refractivity contribution in [1.29, 1.82) is 0 Å². The minimum absolute atomic E-state index is 0.0774. The summed E-state index contributed by atoms with van der Waals surface area (Å²) in [5, 5.41) is 13.0. The fraction of sp³-hybridized carbons (Fsp3) is 0.278. The molecule has 9 nitrogen and oxygen atoms in total. The van der Waals surface area contributed by atoms with E-state index in [0.717, 1.165) is 11.3 Å². The van der Waals surface area contributed by atoms with E-state index in [-0.39, 0.29) is 12.3 Å².